The number of pyridine rings is 1. The van der Waals surface area contributed by atoms with E-state index < -0.39 is 29.1 Å². The lowest BCUT2D eigenvalue weighted by Gasteiger charge is -2.01. The summed E-state index contributed by atoms with van der Waals surface area (Å²) in [6, 6.07) is 0.871. The van der Waals surface area contributed by atoms with Crippen molar-refractivity contribution in [3.05, 3.63) is 33.7 Å². The number of aromatic amines is 1. The molecule has 6 heteroatoms. The van der Waals surface area contributed by atoms with Crippen molar-refractivity contribution in [1.82, 2.24) is 4.98 Å². The average molecular weight is 189 g/mol. The van der Waals surface area contributed by atoms with Crippen LogP contribution < -0.4 is 5.56 Å². The van der Waals surface area contributed by atoms with E-state index >= 15 is 0 Å². The summed E-state index contributed by atoms with van der Waals surface area (Å²) < 4.78 is 24.3. The molecule has 0 aliphatic carbocycles. The number of hydrogen-bond acceptors (Lipinski definition) is 2. The number of aromatic nitrogens is 1. The van der Waals surface area contributed by atoms with Gasteiger partial charge in [-0.2, -0.15) is 0 Å². The largest absolute Gasteiger partial charge is 0.477 e. The fourth-order valence-electron chi connectivity index (χ4n) is 0.896. The summed E-state index contributed by atoms with van der Waals surface area (Å²) >= 11 is 0. The van der Waals surface area contributed by atoms with E-state index in [-0.39, 0.29) is 0 Å². The molecule has 0 bridgehead atoms. The quantitative estimate of drug-likeness (QED) is 0.729. The van der Waals surface area contributed by atoms with Gasteiger partial charge in [0, 0.05) is 11.8 Å². The molecule has 70 valence electrons. The van der Waals surface area contributed by atoms with Crippen LogP contribution in [0.3, 0.4) is 0 Å². The van der Waals surface area contributed by atoms with Gasteiger partial charge < -0.3 is 10.1 Å². The number of hydrogen-bond donors (Lipinski definition) is 2. The molecule has 2 N–H and O–H groups in total. The van der Waals surface area contributed by atoms with Gasteiger partial charge in [-0.15, -0.1) is 0 Å². The lowest BCUT2D eigenvalue weighted by Crippen LogP contribution is -2.19. The van der Waals surface area contributed by atoms with E-state index in [9.17, 15) is 18.4 Å². The molecule has 1 aromatic heterocycles. The Morgan fingerprint density at radius 2 is 2.15 bits per heavy atom. The van der Waals surface area contributed by atoms with Crippen molar-refractivity contribution < 1.29 is 18.7 Å². The van der Waals surface area contributed by atoms with Crippen LogP contribution in [-0.2, 0) is 0 Å². The number of halogens is 2. The molecule has 0 amide bonds. The van der Waals surface area contributed by atoms with Crippen molar-refractivity contribution in [3.8, 4) is 0 Å². The third kappa shape index (κ3) is 1.71. The second kappa shape index (κ2) is 3.34. The van der Waals surface area contributed by atoms with E-state index in [1.165, 1.54) is 0 Å². The standard InChI is InChI=1S/C7H5F2NO3/c8-5(9)3-1-2-10-6(11)4(3)7(12)13/h1-2,5H,(H,10,11)(H,12,13). The van der Waals surface area contributed by atoms with Crippen molar-refractivity contribution in [3.63, 3.8) is 0 Å². The molecule has 0 aliphatic heterocycles. The number of carbonyl (C=O) groups is 1. The molecule has 1 rings (SSSR count). The van der Waals surface area contributed by atoms with E-state index in [0.717, 1.165) is 12.3 Å². The zero-order valence-electron chi connectivity index (χ0n) is 6.25. The van der Waals surface area contributed by atoms with Crippen LogP contribution >= 0.6 is 0 Å². The molecule has 0 radical (unpaired) electrons. The highest BCUT2D eigenvalue weighted by Gasteiger charge is 2.20. The zero-order valence-corrected chi connectivity index (χ0v) is 6.25. The summed E-state index contributed by atoms with van der Waals surface area (Å²) in [5, 5.41) is 8.44. The van der Waals surface area contributed by atoms with Gasteiger partial charge in [-0.05, 0) is 6.07 Å². The first kappa shape index (κ1) is 9.37. The Balaban J connectivity index is 3.43. The summed E-state index contributed by atoms with van der Waals surface area (Å²) in [7, 11) is 0. The molecule has 13 heavy (non-hydrogen) atoms. The van der Waals surface area contributed by atoms with E-state index in [4.69, 9.17) is 5.11 Å². The Hall–Kier alpha value is -1.72. The number of H-pyrrole nitrogens is 1. The summed E-state index contributed by atoms with van der Waals surface area (Å²) in [4.78, 5) is 23.2. The number of rotatable bonds is 2. The van der Waals surface area contributed by atoms with Gasteiger partial charge in [-0.3, -0.25) is 4.79 Å². The number of carboxylic acid groups (broad SMARTS) is 1. The minimum Gasteiger partial charge on any atom is -0.477 e. The minimum atomic E-state index is -2.96. The first-order chi connectivity index (χ1) is 6.04. The predicted molar refractivity (Wildman–Crippen MR) is 39.0 cm³/mol. The fraction of sp³-hybridized carbons (Fsp3) is 0.143. The molecule has 1 aromatic rings. The normalized spacial score (nSPS) is 10.4. The van der Waals surface area contributed by atoms with Crippen LogP contribution in [-0.4, -0.2) is 16.1 Å². The first-order valence-electron chi connectivity index (χ1n) is 3.27. The van der Waals surface area contributed by atoms with Crippen LogP contribution in [0.25, 0.3) is 0 Å². The van der Waals surface area contributed by atoms with Crippen LogP contribution in [0.1, 0.15) is 22.3 Å². The SMILES string of the molecule is O=C(O)c1c(C(F)F)cc[nH]c1=O. The van der Waals surface area contributed by atoms with E-state index in [1.807, 2.05) is 4.98 Å². The number of alkyl halides is 2. The lowest BCUT2D eigenvalue weighted by atomic mass is 10.1. The molecule has 0 spiro atoms. The molecule has 0 fully saturated rings. The van der Waals surface area contributed by atoms with Gasteiger partial charge in [-0.1, -0.05) is 0 Å². The van der Waals surface area contributed by atoms with Crippen LogP contribution in [0.5, 0.6) is 0 Å². The Labute approximate surface area is 70.8 Å². The van der Waals surface area contributed by atoms with Crippen LogP contribution in [0.4, 0.5) is 8.78 Å². The highest BCUT2D eigenvalue weighted by molar-refractivity contribution is 5.88. The Bertz CT molecular complexity index is 386. The Morgan fingerprint density at radius 3 is 2.54 bits per heavy atom. The summed E-state index contributed by atoms with van der Waals surface area (Å²) in [6.45, 7) is 0. The molecule has 0 saturated carbocycles. The van der Waals surface area contributed by atoms with Crippen LogP contribution in [0, 0.1) is 0 Å². The van der Waals surface area contributed by atoms with Gasteiger partial charge in [0.25, 0.3) is 12.0 Å². The number of nitrogens with one attached hydrogen (secondary N) is 1. The van der Waals surface area contributed by atoms with Gasteiger partial charge >= 0.3 is 5.97 Å². The molecular weight excluding hydrogens is 184 g/mol. The topological polar surface area (TPSA) is 70.2 Å². The second-order valence-corrected chi connectivity index (χ2v) is 2.24. The summed E-state index contributed by atoms with van der Waals surface area (Å²) in [6.07, 6.45) is -1.98. The van der Waals surface area contributed by atoms with Crippen molar-refractivity contribution in [2.24, 2.45) is 0 Å². The predicted octanol–water partition coefficient (Wildman–Crippen LogP) is 1.01. The van der Waals surface area contributed by atoms with Crippen molar-refractivity contribution in [2.45, 2.75) is 6.43 Å². The average Bonchev–Trinajstić information content (AvgIpc) is 2.02. The molecule has 0 unspecified atom stereocenters. The molecule has 0 aromatic carbocycles. The fourth-order valence-corrected chi connectivity index (χ4v) is 0.896. The lowest BCUT2D eigenvalue weighted by molar-refractivity contribution is 0.0682. The molecule has 0 saturated heterocycles. The van der Waals surface area contributed by atoms with E-state index in [2.05, 4.69) is 0 Å². The second-order valence-electron chi connectivity index (χ2n) is 2.24. The van der Waals surface area contributed by atoms with Gasteiger partial charge in [-0.25, -0.2) is 13.6 Å². The van der Waals surface area contributed by atoms with E-state index in [1.54, 1.807) is 0 Å². The highest BCUT2D eigenvalue weighted by Crippen LogP contribution is 2.19. The van der Waals surface area contributed by atoms with Crippen LogP contribution in [0.2, 0.25) is 0 Å². The maximum atomic E-state index is 12.2. The third-order valence-electron chi connectivity index (χ3n) is 1.44. The van der Waals surface area contributed by atoms with Gasteiger partial charge in [0.05, 0.1) is 0 Å². The van der Waals surface area contributed by atoms with E-state index in [0.29, 0.717) is 0 Å². The maximum Gasteiger partial charge on any atom is 0.341 e. The summed E-state index contributed by atoms with van der Waals surface area (Å²) in [5.41, 5.74) is -2.70. The van der Waals surface area contributed by atoms with Crippen molar-refractivity contribution in [1.29, 1.82) is 0 Å². The Kier molecular flexibility index (Phi) is 2.41. The van der Waals surface area contributed by atoms with Gasteiger partial charge in [0.15, 0.2) is 0 Å². The zero-order chi connectivity index (χ0) is 10.0. The molecule has 0 atom stereocenters. The van der Waals surface area contributed by atoms with Crippen molar-refractivity contribution in [2.75, 3.05) is 0 Å². The Morgan fingerprint density at radius 1 is 1.54 bits per heavy atom. The van der Waals surface area contributed by atoms with Gasteiger partial charge in [0.1, 0.15) is 5.56 Å². The molecular formula is C7H5F2NO3. The molecule has 4 nitrogen and oxygen atoms in total. The number of aromatic carboxylic acids is 1. The van der Waals surface area contributed by atoms with Gasteiger partial charge in [0.2, 0.25) is 0 Å². The smallest absolute Gasteiger partial charge is 0.341 e. The van der Waals surface area contributed by atoms with Crippen LogP contribution in [0.15, 0.2) is 17.1 Å². The van der Waals surface area contributed by atoms with Crippen molar-refractivity contribution >= 4 is 5.97 Å². The first-order valence-corrected chi connectivity index (χ1v) is 3.27. The molecule has 1 heterocycles. The third-order valence-corrected chi connectivity index (χ3v) is 1.44. The maximum absolute atomic E-state index is 12.2. The monoisotopic (exact) mass is 189 g/mol. The summed E-state index contributed by atoms with van der Waals surface area (Å²) in [5.74, 6) is -1.66. The highest BCUT2D eigenvalue weighted by atomic mass is 19.3. The minimum absolute atomic E-state index is 0.767. The number of carboxylic acids is 1. The molecule has 0 aliphatic rings.